The van der Waals surface area contributed by atoms with Crippen molar-refractivity contribution < 1.29 is 9.13 Å². The van der Waals surface area contributed by atoms with E-state index >= 15 is 0 Å². The predicted molar refractivity (Wildman–Crippen MR) is 68.8 cm³/mol. The van der Waals surface area contributed by atoms with Crippen LogP contribution in [-0.2, 0) is 4.74 Å². The van der Waals surface area contributed by atoms with Crippen LogP contribution in [-0.4, -0.2) is 22.8 Å². The van der Waals surface area contributed by atoms with Crippen LogP contribution in [0.3, 0.4) is 0 Å². The van der Waals surface area contributed by atoms with Gasteiger partial charge in [0.1, 0.15) is 0 Å². The third kappa shape index (κ3) is 3.32. The van der Waals surface area contributed by atoms with Gasteiger partial charge in [0.05, 0.1) is 6.20 Å². The summed E-state index contributed by atoms with van der Waals surface area (Å²) in [6.45, 7) is 3.57. The normalized spacial score (nSPS) is 22.2. The van der Waals surface area contributed by atoms with E-state index in [9.17, 15) is 14.0 Å². The fourth-order valence-corrected chi connectivity index (χ4v) is 2.29. The number of nitrogens with one attached hydrogen (secondary N) is 1. The number of hydrogen-bond donors (Lipinski definition) is 1. The van der Waals surface area contributed by atoms with Crippen molar-refractivity contribution in [3.05, 3.63) is 32.9 Å². The average molecular weight is 270 g/mol. The smallest absolute Gasteiger partial charge is 0.328 e. The van der Waals surface area contributed by atoms with E-state index in [2.05, 4.69) is 6.92 Å². The van der Waals surface area contributed by atoms with Crippen molar-refractivity contribution in [2.45, 2.75) is 38.6 Å². The zero-order chi connectivity index (χ0) is 13.8. The molecule has 0 amide bonds. The molecule has 1 aromatic heterocycles. The molecule has 1 saturated carbocycles. The van der Waals surface area contributed by atoms with Gasteiger partial charge in [-0.2, -0.15) is 4.39 Å². The fourth-order valence-electron chi connectivity index (χ4n) is 2.29. The van der Waals surface area contributed by atoms with E-state index in [4.69, 9.17) is 4.74 Å². The topological polar surface area (TPSA) is 64.1 Å². The number of nitrogens with zero attached hydrogens (tertiary/aromatic N) is 1. The van der Waals surface area contributed by atoms with Crippen molar-refractivity contribution in [2.75, 3.05) is 13.2 Å². The van der Waals surface area contributed by atoms with Crippen molar-refractivity contribution in [1.29, 1.82) is 0 Å². The standard InChI is InChI=1S/C13H19FN2O3/c1-2-3-4-19-8-9-5-10(6-9)16-7-11(14)12(17)15-13(16)18/h7,9-10H,2-6,8H2,1H3,(H,15,17,18)/t9-,10+. The second kappa shape index (κ2) is 6.14. The highest BCUT2D eigenvalue weighted by Gasteiger charge is 2.31. The van der Waals surface area contributed by atoms with Gasteiger partial charge in [-0.1, -0.05) is 13.3 Å². The summed E-state index contributed by atoms with van der Waals surface area (Å²) in [5.74, 6) is -0.494. The van der Waals surface area contributed by atoms with Gasteiger partial charge in [-0.25, -0.2) is 4.79 Å². The molecule has 1 aliphatic rings. The van der Waals surface area contributed by atoms with E-state index < -0.39 is 17.1 Å². The lowest BCUT2D eigenvalue weighted by Gasteiger charge is -2.36. The van der Waals surface area contributed by atoms with Gasteiger partial charge in [0.15, 0.2) is 0 Å². The van der Waals surface area contributed by atoms with E-state index in [1.807, 2.05) is 4.98 Å². The molecule has 106 valence electrons. The van der Waals surface area contributed by atoms with Gasteiger partial charge in [-0.15, -0.1) is 0 Å². The predicted octanol–water partition coefficient (Wildman–Crippen LogP) is 1.44. The molecule has 2 rings (SSSR count). The van der Waals surface area contributed by atoms with Crippen LogP contribution >= 0.6 is 0 Å². The Bertz CT molecular complexity index is 531. The maximum Gasteiger partial charge on any atom is 0.328 e. The molecule has 0 spiro atoms. The van der Waals surface area contributed by atoms with Crippen LogP contribution < -0.4 is 11.2 Å². The third-order valence-corrected chi connectivity index (χ3v) is 3.52. The minimum absolute atomic E-state index is 0.0291. The summed E-state index contributed by atoms with van der Waals surface area (Å²) in [7, 11) is 0. The largest absolute Gasteiger partial charge is 0.381 e. The van der Waals surface area contributed by atoms with Crippen LogP contribution in [0.2, 0.25) is 0 Å². The van der Waals surface area contributed by atoms with E-state index in [1.54, 1.807) is 0 Å². The number of rotatable bonds is 6. The Kier molecular flexibility index (Phi) is 4.52. The van der Waals surface area contributed by atoms with Gasteiger partial charge in [-0.05, 0) is 25.2 Å². The molecule has 0 unspecified atom stereocenters. The molecule has 1 aromatic rings. The lowest BCUT2D eigenvalue weighted by Crippen LogP contribution is -2.39. The summed E-state index contributed by atoms with van der Waals surface area (Å²) in [5, 5.41) is 0. The number of aromatic amines is 1. The van der Waals surface area contributed by atoms with E-state index in [-0.39, 0.29) is 6.04 Å². The molecule has 0 aliphatic heterocycles. The molecule has 6 heteroatoms. The number of halogens is 1. The third-order valence-electron chi connectivity index (χ3n) is 3.52. The molecular formula is C13H19FN2O3. The van der Waals surface area contributed by atoms with Crippen molar-refractivity contribution in [3.8, 4) is 0 Å². The number of H-pyrrole nitrogens is 1. The second-order valence-corrected chi connectivity index (χ2v) is 5.06. The van der Waals surface area contributed by atoms with Crippen molar-refractivity contribution in [3.63, 3.8) is 0 Å². The summed E-state index contributed by atoms with van der Waals surface area (Å²) in [5.41, 5.74) is -1.50. The van der Waals surface area contributed by atoms with E-state index in [1.165, 1.54) is 4.57 Å². The van der Waals surface area contributed by atoms with Crippen LogP contribution in [0, 0.1) is 11.7 Å². The Hall–Kier alpha value is -1.43. The first-order chi connectivity index (χ1) is 9.11. The SMILES string of the molecule is CCCCOC[C@H]1C[C@@H](n2cc(F)c(=O)[nH]c2=O)C1. The minimum atomic E-state index is -0.958. The van der Waals surface area contributed by atoms with Gasteiger partial charge in [0.2, 0.25) is 5.82 Å². The molecule has 0 bridgehead atoms. The first-order valence-electron chi connectivity index (χ1n) is 6.70. The summed E-state index contributed by atoms with van der Waals surface area (Å²) < 4.78 is 19.9. The van der Waals surface area contributed by atoms with Crippen LogP contribution in [0.1, 0.15) is 38.6 Å². The summed E-state index contributed by atoms with van der Waals surface area (Å²) >= 11 is 0. The van der Waals surface area contributed by atoms with Crippen molar-refractivity contribution >= 4 is 0 Å². The Balaban J connectivity index is 1.85. The Labute approximate surface area is 110 Å². The first kappa shape index (κ1) is 14.0. The van der Waals surface area contributed by atoms with Crippen molar-refractivity contribution in [2.24, 2.45) is 5.92 Å². The van der Waals surface area contributed by atoms with Gasteiger partial charge in [0.25, 0.3) is 5.56 Å². The highest BCUT2D eigenvalue weighted by atomic mass is 19.1. The number of hydrogen-bond acceptors (Lipinski definition) is 3. The number of unbranched alkanes of at least 4 members (excludes halogenated alkanes) is 1. The molecule has 19 heavy (non-hydrogen) atoms. The van der Waals surface area contributed by atoms with Gasteiger partial charge in [-0.3, -0.25) is 14.3 Å². The maximum atomic E-state index is 13.1. The summed E-state index contributed by atoms with van der Waals surface area (Å²) in [4.78, 5) is 24.4. The number of ether oxygens (including phenoxy) is 1. The van der Waals surface area contributed by atoms with Crippen LogP contribution in [0.15, 0.2) is 15.8 Å². The first-order valence-corrected chi connectivity index (χ1v) is 6.70. The highest BCUT2D eigenvalue weighted by molar-refractivity contribution is 4.93. The van der Waals surface area contributed by atoms with Gasteiger partial charge >= 0.3 is 5.69 Å². The molecule has 1 N–H and O–H groups in total. The van der Waals surface area contributed by atoms with Crippen LogP contribution in [0.25, 0.3) is 0 Å². The molecule has 0 atom stereocenters. The lowest BCUT2D eigenvalue weighted by molar-refractivity contribution is 0.0440. The molecular weight excluding hydrogens is 251 g/mol. The molecule has 1 fully saturated rings. The van der Waals surface area contributed by atoms with E-state index in [0.717, 1.165) is 38.5 Å². The Morgan fingerprint density at radius 2 is 2.21 bits per heavy atom. The fraction of sp³-hybridized carbons (Fsp3) is 0.692. The van der Waals surface area contributed by atoms with Gasteiger partial charge in [0, 0.05) is 19.3 Å². The molecule has 0 radical (unpaired) electrons. The van der Waals surface area contributed by atoms with Crippen LogP contribution in [0.5, 0.6) is 0 Å². The quantitative estimate of drug-likeness (QED) is 0.796. The summed E-state index contributed by atoms with van der Waals surface area (Å²) in [6, 6.07) is -0.0291. The summed E-state index contributed by atoms with van der Waals surface area (Å²) in [6.07, 6.45) is 4.75. The molecule has 1 heterocycles. The molecule has 5 nitrogen and oxygen atoms in total. The average Bonchev–Trinajstić information content (AvgIpc) is 2.32. The van der Waals surface area contributed by atoms with E-state index in [0.29, 0.717) is 12.5 Å². The molecule has 0 aromatic carbocycles. The van der Waals surface area contributed by atoms with Crippen molar-refractivity contribution in [1.82, 2.24) is 9.55 Å². The highest BCUT2D eigenvalue weighted by Crippen LogP contribution is 2.36. The monoisotopic (exact) mass is 270 g/mol. The number of aromatic nitrogens is 2. The maximum absolute atomic E-state index is 13.1. The molecule has 1 aliphatic carbocycles. The van der Waals surface area contributed by atoms with Crippen LogP contribution in [0.4, 0.5) is 4.39 Å². The second-order valence-electron chi connectivity index (χ2n) is 5.06. The molecule has 0 saturated heterocycles. The lowest BCUT2D eigenvalue weighted by atomic mass is 9.80. The zero-order valence-corrected chi connectivity index (χ0v) is 11.0. The Morgan fingerprint density at radius 1 is 1.47 bits per heavy atom. The van der Waals surface area contributed by atoms with Gasteiger partial charge < -0.3 is 4.74 Å². The minimum Gasteiger partial charge on any atom is -0.381 e. The zero-order valence-electron chi connectivity index (χ0n) is 11.0. The Morgan fingerprint density at radius 3 is 2.89 bits per heavy atom.